The van der Waals surface area contributed by atoms with E-state index in [2.05, 4.69) is 22.0 Å². The number of nitrogens with zero attached hydrogens (tertiary/aromatic N) is 2. The molecule has 2 bridgehead atoms. The maximum atomic E-state index is 12.5. The molecule has 3 aliphatic rings. The monoisotopic (exact) mass is 357 g/mol. The van der Waals surface area contributed by atoms with Gasteiger partial charge in [-0.05, 0) is 56.1 Å². The maximum Gasteiger partial charge on any atom is 0.234 e. The average Bonchev–Trinajstić information content (AvgIpc) is 3.26. The van der Waals surface area contributed by atoms with Crippen LogP contribution in [0.5, 0.6) is 5.75 Å². The summed E-state index contributed by atoms with van der Waals surface area (Å²) < 4.78 is 0. The lowest BCUT2D eigenvalue weighted by atomic mass is 9.84. The van der Waals surface area contributed by atoms with Crippen molar-refractivity contribution in [1.82, 2.24) is 10.2 Å². The number of hydrogen-bond acceptors (Lipinski definition) is 4. The molecule has 2 aliphatic carbocycles. The van der Waals surface area contributed by atoms with Gasteiger partial charge in [-0.1, -0.05) is 18.6 Å². The van der Waals surface area contributed by atoms with E-state index in [1.165, 1.54) is 25.7 Å². The highest BCUT2D eigenvalue weighted by Gasteiger charge is 2.42. The number of para-hydroxylation sites is 2. The van der Waals surface area contributed by atoms with Crippen molar-refractivity contribution in [3.05, 3.63) is 24.3 Å². The molecular weight excluding hydrogens is 326 g/mol. The van der Waals surface area contributed by atoms with Gasteiger partial charge in [0.15, 0.2) is 0 Å². The summed E-state index contributed by atoms with van der Waals surface area (Å²) in [6.07, 6.45) is 5.47. The van der Waals surface area contributed by atoms with Crippen molar-refractivity contribution >= 4 is 11.6 Å². The molecule has 5 nitrogen and oxygen atoms in total. The molecular formula is C21H31N3O2. The molecule has 26 heavy (non-hydrogen) atoms. The second-order valence-electron chi connectivity index (χ2n) is 8.45. The van der Waals surface area contributed by atoms with Gasteiger partial charge in [-0.2, -0.15) is 0 Å². The number of aromatic hydroxyl groups is 1. The van der Waals surface area contributed by atoms with Gasteiger partial charge in [0.2, 0.25) is 5.91 Å². The summed E-state index contributed by atoms with van der Waals surface area (Å²) in [5.74, 6) is 2.95. The van der Waals surface area contributed by atoms with Crippen molar-refractivity contribution in [2.45, 2.75) is 38.6 Å². The van der Waals surface area contributed by atoms with Crippen LogP contribution in [-0.2, 0) is 4.79 Å². The molecule has 4 unspecified atom stereocenters. The van der Waals surface area contributed by atoms with Crippen LogP contribution in [0, 0.1) is 17.8 Å². The number of anilines is 1. The van der Waals surface area contributed by atoms with E-state index in [1.54, 1.807) is 6.07 Å². The van der Waals surface area contributed by atoms with E-state index in [1.807, 2.05) is 18.2 Å². The Morgan fingerprint density at radius 3 is 2.62 bits per heavy atom. The normalized spacial score (nSPS) is 29.7. The number of hydrogen-bond donors (Lipinski definition) is 2. The van der Waals surface area contributed by atoms with E-state index in [-0.39, 0.29) is 5.91 Å². The molecule has 1 aromatic carbocycles. The van der Waals surface area contributed by atoms with Crippen molar-refractivity contribution in [2.75, 3.05) is 37.6 Å². The van der Waals surface area contributed by atoms with Crippen molar-refractivity contribution in [3.8, 4) is 5.75 Å². The van der Waals surface area contributed by atoms with Crippen LogP contribution in [-0.4, -0.2) is 54.7 Å². The van der Waals surface area contributed by atoms with Gasteiger partial charge in [-0.25, -0.2) is 0 Å². The topological polar surface area (TPSA) is 55.8 Å². The molecule has 0 aromatic heterocycles. The van der Waals surface area contributed by atoms with Gasteiger partial charge >= 0.3 is 0 Å². The van der Waals surface area contributed by atoms with Crippen LogP contribution < -0.4 is 10.2 Å². The van der Waals surface area contributed by atoms with E-state index in [0.717, 1.165) is 43.7 Å². The number of rotatable bonds is 5. The second-order valence-corrected chi connectivity index (χ2v) is 8.45. The Hall–Kier alpha value is -1.75. The molecule has 0 radical (unpaired) electrons. The molecule has 5 heteroatoms. The number of phenolic OH excluding ortho intramolecular Hbond substituents is 1. The number of benzene rings is 1. The fourth-order valence-electron chi connectivity index (χ4n) is 5.39. The van der Waals surface area contributed by atoms with E-state index in [0.29, 0.717) is 24.3 Å². The molecule has 1 amide bonds. The van der Waals surface area contributed by atoms with Gasteiger partial charge in [0.1, 0.15) is 5.75 Å². The van der Waals surface area contributed by atoms with Crippen LogP contribution in [0.2, 0.25) is 0 Å². The van der Waals surface area contributed by atoms with Crippen molar-refractivity contribution in [1.29, 1.82) is 0 Å². The molecule has 2 N–H and O–H groups in total. The second kappa shape index (κ2) is 7.47. The highest BCUT2D eigenvalue weighted by Crippen LogP contribution is 2.49. The van der Waals surface area contributed by atoms with Crippen LogP contribution >= 0.6 is 0 Å². The summed E-state index contributed by atoms with van der Waals surface area (Å²) in [7, 11) is 0. The summed E-state index contributed by atoms with van der Waals surface area (Å²) in [6.45, 7) is 6.06. The first-order chi connectivity index (χ1) is 12.6. The lowest BCUT2D eigenvalue weighted by Gasteiger charge is -2.36. The Balaban J connectivity index is 1.23. The van der Waals surface area contributed by atoms with Gasteiger partial charge in [0.25, 0.3) is 0 Å². The third kappa shape index (κ3) is 3.68. The molecule has 4 rings (SSSR count). The highest BCUT2D eigenvalue weighted by atomic mass is 16.3. The minimum Gasteiger partial charge on any atom is -0.506 e. The molecule has 2 saturated carbocycles. The summed E-state index contributed by atoms with van der Waals surface area (Å²) in [4.78, 5) is 16.9. The van der Waals surface area contributed by atoms with Crippen molar-refractivity contribution in [3.63, 3.8) is 0 Å². The predicted molar refractivity (Wildman–Crippen MR) is 103 cm³/mol. The van der Waals surface area contributed by atoms with Crippen LogP contribution in [0.3, 0.4) is 0 Å². The van der Waals surface area contributed by atoms with Gasteiger partial charge < -0.3 is 15.3 Å². The van der Waals surface area contributed by atoms with E-state index in [4.69, 9.17) is 0 Å². The fraction of sp³-hybridized carbons (Fsp3) is 0.667. The smallest absolute Gasteiger partial charge is 0.234 e. The summed E-state index contributed by atoms with van der Waals surface area (Å²) in [6, 6.07) is 7.78. The third-order valence-corrected chi connectivity index (χ3v) is 6.79. The first-order valence-corrected chi connectivity index (χ1v) is 10.1. The molecule has 1 heterocycles. The summed E-state index contributed by atoms with van der Waals surface area (Å²) >= 11 is 0. The van der Waals surface area contributed by atoms with Crippen LogP contribution in [0.1, 0.15) is 32.6 Å². The van der Waals surface area contributed by atoms with Gasteiger partial charge in [-0.15, -0.1) is 0 Å². The molecule has 1 aliphatic heterocycles. The highest BCUT2D eigenvalue weighted by molar-refractivity contribution is 5.78. The fourth-order valence-corrected chi connectivity index (χ4v) is 5.39. The molecule has 142 valence electrons. The van der Waals surface area contributed by atoms with Gasteiger partial charge in [0.05, 0.1) is 12.2 Å². The quantitative estimate of drug-likeness (QED) is 0.850. The largest absolute Gasteiger partial charge is 0.506 e. The molecule has 1 aromatic rings. The van der Waals surface area contributed by atoms with Crippen LogP contribution in [0.15, 0.2) is 24.3 Å². The first kappa shape index (κ1) is 17.7. The predicted octanol–water partition coefficient (Wildman–Crippen LogP) is 2.46. The Morgan fingerprint density at radius 2 is 1.96 bits per heavy atom. The summed E-state index contributed by atoms with van der Waals surface area (Å²) in [5.41, 5.74) is 0.890. The Bertz CT molecular complexity index is 642. The number of amides is 1. The van der Waals surface area contributed by atoms with Crippen molar-refractivity contribution in [2.24, 2.45) is 17.8 Å². The third-order valence-electron chi connectivity index (χ3n) is 6.79. The zero-order valence-corrected chi connectivity index (χ0v) is 15.7. The molecule has 3 fully saturated rings. The van der Waals surface area contributed by atoms with E-state index < -0.39 is 0 Å². The summed E-state index contributed by atoms with van der Waals surface area (Å²) in [5, 5.41) is 13.3. The Labute approximate surface area is 156 Å². The first-order valence-electron chi connectivity index (χ1n) is 10.1. The minimum absolute atomic E-state index is 0.163. The van der Waals surface area contributed by atoms with E-state index >= 15 is 0 Å². The molecule has 4 atom stereocenters. The number of carbonyl (C=O) groups excluding carboxylic acids is 1. The Morgan fingerprint density at radius 1 is 1.19 bits per heavy atom. The van der Waals surface area contributed by atoms with Crippen molar-refractivity contribution < 1.29 is 9.90 Å². The average molecular weight is 357 g/mol. The number of carbonyl (C=O) groups is 1. The number of phenols is 1. The Kier molecular flexibility index (Phi) is 5.07. The number of fused-ring (bicyclic) bond motifs is 2. The van der Waals surface area contributed by atoms with Gasteiger partial charge in [-0.3, -0.25) is 9.69 Å². The molecule has 0 spiro atoms. The minimum atomic E-state index is 0.163. The van der Waals surface area contributed by atoms with Crippen LogP contribution in [0.25, 0.3) is 0 Å². The lowest BCUT2D eigenvalue weighted by molar-refractivity contribution is -0.123. The zero-order chi connectivity index (χ0) is 18.1. The number of piperazine rings is 1. The maximum absolute atomic E-state index is 12.5. The SMILES string of the molecule is CC(NC(=O)CN1CCN(c2ccccc2O)CC1)C1CC2CCC1C2. The molecule has 1 saturated heterocycles. The van der Waals surface area contributed by atoms with E-state index in [9.17, 15) is 9.90 Å². The van der Waals surface area contributed by atoms with Crippen LogP contribution in [0.4, 0.5) is 5.69 Å². The standard InChI is InChI=1S/C21H31N3O2/c1-15(18-13-16-6-7-17(18)12-16)22-21(26)14-23-8-10-24(11-9-23)19-4-2-3-5-20(19)25/h2-5,15-18,25H,6-14H2,1H3,(H,22,26). The number of nitrogens with one attached hydrogen (secondary N) is 1. The zero-order valence-electron chi connectivity index (χ0n) is 15.7. The van der Waals surface area contributed by atoms with Gasteiger partial charge in [0, 0.05) is 32.2 Å². The lowest BCUT2D eigenvalue weighted by Crippen LogP contribution is -2.51.